The maximum absolute atomic E-state index is 13.0. The highest BCUT2D eigenvalue weighted by Gasteiger charge is 2.31. The predicted molar refractivity (Wildman–Crippen MR) is 122 cm³/mol. The predicted octanol–water partition coefficient (Wildman–Crippen LogP) is 2.96. The number of halogens is 1. The highest BCUT2D eigenvalue weighted by molar-refractivity contribution is 7.89. The number of hydrogen-bond acceptors (Lipinski definition) is 5. The van der Waals surface area contributed by atoms with Gasteiger partial charge in [-0.25, -0.2) is 13.4 Å². The number of fused-ring (bicyclic) bond motifs is 1. The Kier molecular flexibility index (Phi) is 5.91. The van der Waals surface area contributed by atoms with Gasteiger partial charge < -0.3 is 0 Å². The van der Waals surface area contributed by atoms with Crippen molar-refractivity contribution >= 4 is 32.5 Å². The van der Waals surface area contributed by atoms with Gasteiger partial charge in [0.1, 0.15) is 5.82 Å². The Labute approximate surface area is 186 Å². The first-order valence-electron chi connectivity index (χ1n) is 10.2. The monoisotopic (exact) mass is 460 g/mol. The van der Waals surface area contributed by atoms with Gasteiger partial charge in [-0.3, -0.25) is 14.3 Å². The molecule has 1 atom stereocenters. The Morgan fingerprint density at radius 1 is 1.06 bits per heavy atom. The van der Waals surface area contributed by atoms with Gasteiger partial charge in [0.25, 0.3) is 5.56 Å². The molecule has 2 heterocycles. The van der Waals surface area contributed by atoms with Crippen molar-refractivity contribution in [2.24, 2.45) is 7.05 Å². The molecular weight excluding hydrogens is 436 g/mol. The van der Waals surface area contributed by atoms with Gasteiger partial charge in [0.05, 0.1) is 21.8 Å². The summed E-state index contributed by atoms with van der Waals surface area (Å²) in [6.07, 6.45) is 0. The molecule has 3 aromatic rings. The molecule has 31 heavy (non-hydrogen) atoms. The van der Waals surface area contributed by atoms with E-state index in [4.69, 9.17) is 16.6 Å². The zero-order valence-electron chi connectivity index (χ0n) is 17.7. The van der Waals surface area contributed by atoms with Crippen molar-refractivity contribution in [3.05, 3.63) is 69.2 Å². The van der Waals surface area contributed by atoms with Gasteiger partial charge in [0.2, 0.25) is 10.0 Å². The van der Waals surface area contributed by atoms with E-state index in [1.165, 1.54) is 4.31 Å². The fourth-order valence-electron chi connectivity index (χ4n) is 4.05. The molecule has 0 radical (unpaired) electrons. The summed E-state index contributed by atoms with van der Waals surface area (Å²) in [7, 11) is -1.81. The number of rotatable bonds is 4. The van der Waals surface area contributed by atoms with Gasteiger partial charge >= 0.3 is 0 Å². The molecule has 4 rings (SSSR count). The van der Waals surface area contributed by atoms with Gasteiger partial charge in [-0.15, -0.1) is 0 Å². The lowest BCUT2D eigenvalue weighted by Gasteiger charge is -2.37. The number of aromatic nitrogens is 2. The number of nitrogens with zero attached hydrogens (tertiary/aromatic N) is 4. The molecule has 1 unspecified atom stereocenters. The molecule has 2 aromatic carbocycles. The van der Waals surface area contributed by atoms with E-state index in [9.17, 15) is 13.2 Å². The third kappa shape index (κ3) is 4.13. The molecule has 1 aliphatic rings. The van der Waals surface area contributed by atoms with E-state index in [1.807, 2.05) is 19.9 Å². The second kappa shape index (κ2) is 8.35. The van der Waals surface area contributed by atoms with Crippen LogP contribution < -0.4 is 5.56 Å². The molecule has 0 N–H and O–H groups in total. The zero-order valence-corrected chi connectivity index (χ0v) is 19.3. The maximum Gasteiger partial charge on any atom is 0.261 e. The Morgan fingerprint density at radius 3 is 2.45 bits per heavy atom. The highest BCUT2D eigenvalue weighted by Crippen LogP contribution is 2.24. The number of sulfonamides is 1. The average Bonchev–Trinajstić information content (AvgIpc) is 2.75. The SMILES string of the molecule is Cc1cccc(S(=O)(=O)N2CCN(C(C)c3nc4cc(Cl)ccc4c(=O)n3C)CC2)c1. The third-order valence-corrected chi connectivity index (χ3v) is 8.03. The number of piperazine rings is 1. The van der Waals surface area contributed by atoms with Crippen LogP contribution in [0.15, 0.2) is 52.2 Å². The Hall–Kier alpha value is -2.26. The molecule has 1 saturated heterocycles. The minimum atomic E-state index is -3.53. The zero-order chi connectivity index (χ0) is 22.3. The van der Waals surface area contributed by atoms with Crippen LogP contribution in [0.25, 0.3) is 10.9 Å². The van der Waals surface area contributed by atoms with E-state index in [2.05, 4.69) is 4.90 Å². The molecule has 9 heteroatoms. The minimum Gasteiger partial charge on any atom is -0.298 e. The summed E-state index contributed by atoms with van der Waals surface area (Å²) in [6.45, 7) is 5.74. The van der Waals surface area contributed by atoms with Crippen LogP contribution in [0.5, 0.6) is 0 Å². The summed E-state index contributed by atoms with van der Waals surface area (Å²) in [5.41, 5.74) is 1.36. The van der Waals surface area contributed by atoms with Crippen LogP contribution in [0.3, 0.4) is 0 Å². The van der Waals surface area contributed by atoms with Crippen LogP contribution in [0.4, 0.5) is 0 Å². The van der Waals surface area contributed by atoms with Crippen molar-refractivity contribution in [2.75, 3.05) is 26.2 Å². The van der Waals surface area contributed by atoms with Crippen LogP contribution in [0.2, 0.25) is 5.02 Å². The van der Waals surface area contributed by atoms with E-state index in [0.717, 1.165) is 5.56 Å². The molecule has 0 spiro atoms. The first kappa shape index (κ1) is 22.0. The molecule has 1 fully saturated rings. The lowest BCUT2D eigenvalue weighted by atomic mass is 10.2. The summed E-state index contributed by atoms with van der Waals surface area (Å²) in [6, 6.07) is 11.9. The van der Waals surface area contributed by atoms with E-state index in [-0.39, 0.29) is 11.6 Å². The maximum atomic E-state index is 13.0. The van der Waals surface area contributed by atoms with Crippen LogP contribution in [-0.2, 0) is 17.1 Å². The fourth-order valence-corrected chi connectivity index (χ4v) is 5.75. The van der Waals surface area contributed by atoms with Crippen molar-refractivity contribution < 1.29 is 8.42 Å². The van der Waals surface area contributed by atoms with E-state index < -0.39 is 10.0 Å². The molecule has 0 saturated carbocycles. The fraction of sp³-hybridized carbons (Fsp3) is 0.364. The van der Waals surface area contributed by atoms with E-state index in [1.54, 1.807) is 48.0 Å². The second-order valence-corrected chi connectivity index (χ2v) is 10.3. The molecule has 0 amide bonds. The normalized spacial score (nSPS) is 17.2. The lowest BCUT2D eigenvalue weighted by Crippen LogP contribution is -2.49. The van der Waals surface area contributed by atoms with E-state index in [0.29, 0.717) is 52.8 Å². The smallest absolute Gasteiger partial charge is 0.261 e. The molecule has 1 aromatic heterocycles. The second-order valence-electron chi connectivity index (χ2n) is 7.93. The number of benzene rings is 2. The topological polar surface area (TPSA) is 75.5 Å². The summed E-state index contributed by atoms with van der Waals surface area (Å²) in [5.74, 6) is 0.634. The number of aryl methyl sites for hydroxylation is 1. The first-order valence-corrected chi connectivity index (χ1v) is 12.0. The number of hydrogen-bond donors (Lipinski definition) is 0. The molecule has 7 nitrogen and oxygen atoms in total. The lowest BCUT2D eigenvalue weighted by molar-refractivity contribution is 0.139. The molecule has 0 aliphatic carbocycles. The van der Waals surface area contributed by atoms with Crippen LogP contribution >= 0.6 is 11.6 Å². The Balaban J connectivity index is 1.55. The third-order valence-electron chi connectivity index (χ3n) is 5.90. The van der Waals surface area contributed by atoms with Crippen molar-refractivity contribution in [1.82, 2.24) is 18.8 Å². The molecule has 0 bridgehead atoms. The summed E-state index contributed by atoms with van der Waals surface area (Å²) < 4.78 is 29.1. The minimum absolute atomic E-state index is 0.121. The van der Waals surface area contributed by atoms with Gasteiger partial charge in [0.15, 0.2) is 0 Å². The van der Waals surface area contributed by atoms with Crippen molar-refractivity contribution in [1.29, 1.82) is 0 Å². The van der Waals surface area contributed by atoms with Gasteiger partial charge in [-0.2, -0.15) is 4.31 Å². The Bertz CT molecular complexity index is 1300. The van der Waals surface area contributed by atoms with Crippen molar-refractivity contribution in [3.8, 4) is 0 Å². The first-order chi connectivity index (χ1) is 14.7. The summed E-state index contributed by atoms with van der Waals surface area (Å²) in [4.78, 5) is 20.0. The van der Waals surface area contributed by atoms with Crippen LogP contribution in [0, 0.1) is 6.92 Å². The molecule has 1 aliphatic heterocycles. The standard InChI is InChI=1S/C22H25ClN4O3S/c1-15-5-4-6-18(13-15)31(29,30)27-11-9-26(10-12-27)16(2)21-24-20-14-17(23)7-8-19(20)22(28)25(21)3/h4-8,13-14,16H,9-12H2,1-3H3. The summed E-state index contributed by atoms with van der Waals surface area (Å²) in [5, 5.41) is 1.05. The highest BCUT2D eigenvalue weighted by atomic mass is 35.5. The van der Waals surface area contributed by atoms with Crippen molar-refractivity contribution in [3.63, 3.8) is 0 Å². The van der Waals surface area contributed by atoms with Gasteiger partial charge in [0, 0.05) is 38.2 Å². The Morgan fingerprint density at radius 2 is 1.77 bits per heavy atom. The molecule has 164 valence electrons. The summed E-state index contributed by atoms with van der Waals surface area (Å²) >= 11 is 6.09. The van der Waals surface area contributed by atoms with Crippen LogP contribution in [-0.4, -0.2) is 53.4 Å². The van der Waals surface area contributed by atoms with E-state index >= 15 is 0 Å². The van der Waals surface area contributed by atoms with Crippen LogP contribution in [0.1, 0.15) is 24.4 Å². The van der Waals surface area contributed by atoms with Gasteiger partial charge in [-0.1, -0.05) is 23.7 Å². The van der Waals surface area contributed by atoms with Crippen molar-refractivity contribution in [2.45, 2.75) is 24.8 Å². The largest absolute Gasteiger partial charge is 0.298 e. The average molecular weight is 461 g/mol. The quantitative estimate of drug-likeness (QED) is 0.598. The van der Waals surface area contributed by atoms with Gasteiger partial charge in [-0.05, 0) is 49.7 Å². The molecular formula is C22H25ClN4O3S.